The zero-order chi connectivity index (χ0) is 11.7. The van der Waals surface area contributed by atoms with Gasteiger partial charge in [-0.3, -0.25) is 0 Å². The molecule has 0 bridgehead atoms. The topological polar surface area (TPSA) is 38.1 Å². The molecule has 1 aromatic carbocycles. The maximum atomic E-state index is 5.01. The summed E-state index contributed by atoms with van der Waals surface area (Å²) in [6.45, 7) is 0.734. The van der Waals surface area contributed by atoms with Gasteiger partial charge in [-0.2, -0.15) is 0 Å². The summed E-state index contributed by atoms with van der Waals surface area (Å²) in [4.78, 5) is 4.51. The van der Waals surface area contributed by atoms with E-state index in [4.69, 9.17) is 4.42 Å². The molecule has 2 aromatic heterocycles. The first-order chi connectivity index (χ1) is 8.31. The maximum absolute atomic E-state index is 5.01. The monoisotopic (exact) mass is 308 g/mol. The normalized spacial score (nSPS) is 10.9. The fraction of sp³-hybridized carbons (Fsp3) is 0.0833. The van der Waals surface area contributed by atoms with Gasteiger partial charge in [0.25, 0.3) is 0 Å². The first-order valence-electron chi connectivity index (χ1n) is 5.12. The molecule has 17 heavy (non-hydrogen) atoms. The fourth-order valence-electron chi connectivity index (χ4n) is 1.54. The number of furan rings is 1. The van der Waals surface area contributed by atoms with Crippen LogP contribution in [0.3, 0.4) is 0 Å². The van der Waals surface area contributed by atoms with Crippen LogP contribution in [0.1, 0.15) is 5.56 Å². The van der Waals surface area contributed by atoms with Crippen molar-refractivity contribution < 1.29 is 4.42 Å². The minimum atomic E-state index is 0.734. The summed E-state index contributed by atoms with van der Waals surface area (Å²) in [7, 11) is 0. The summed E-state index contributed by atoms with van der Waals surface area (Å²) in [6.07, 6.45) is 3.41. The van der Waals surface area contributed by atoms with Crippen LogP contribution in [-0.4, -0.2) is 4.98 Å². The Hall–Kier alpha value is -1.33. The van der Waals surface area contributed by atoms with E-state index in [-0.39, 0.29) is 0 Å². The second-order valence-corrected chi connectivity index (χ2v) is 5.56. The van der Waals surface area contributed by atoms with Crippen LogP contribution >= 0.6 is 27.3 Å². The average Bonchev–Trinajstić information content (AvgIpc) is 2.94. The Bertz CT molecular complexity index is 633. The lowest BCUT2D eigenvalue weighted by atomic mass is 10.3. The van der Waals surface area contributed by atoms with Crippen molar-refractivity contribution in [2.75, 3.05) is 5.32 Å². The summed E-state index contributed by atoms with van der Waals surface area (Å²) in [6, 6.07) is 8.04. The quantitative estimate of drug-likeness (QED) is 0.785. The first kappa shape index (κ1) is 10.8. The largest absolute Gasteiger partial charge is 0.472 e. The highest BCUT2D eigenvalue weighted by molar-refractivity contribution is 9.10. The van der Waals surface area contributed by atoms with E-state index in [0.717, 1.165) is 27.2 Å². The highest BCUT2D eigenvalue weighted by atomic mass is 79.9. The summed E-state index contributed by atoms with van der Waals surface area (Å²) in [5, 5.41) is 4.22. The van der Waals surface area contributed by atoms with Crippen LogP contribution in [0.5, 0.6) is 0 Å². The average molecular weight is 309 g/mol. The summed E-state index contributed by atoms with van der Waals surface area (Å²) < 4.78 is 7.27. The standard InChI is InChI=1S/C12H9BrN2OS/c13-9-1-2-10-11(5-9)17-12(15-10)14-6-8-3-4-16-7-8/h1-5,7H,6H2,(H,14,15). The molecule has 86 valence electrons. The van der Waals surface area contributed by atoms with Crippen molar-refractivity contribution in [2.24, 2.45) is 0 Å². The number of nitrogens with one attached hydrogen (secondary N) is 1. The number of fused-ring (bicyclic) bond motifs is 1. The van der Waals surface area contributed by atoms with Gasteiger partial charge in [0.05, 0.1) is 22.7 Å². The molecule has 0 unspecified atom stereocenters. The van der Waals surface area contributed by atoms with Crippen molar-refractivity contribution >= 4 is 42.6 Å². The van der Waals surface area contributed by atoms with E-state index in [1.165, 1.54) is 4.70 Å². The Morgan fingerprint density at radius 1 is 1.35 bits per heavy atom. The fourth-order valence-corrected chi connectivity index (χ4v) is 2.96. The zero-order valence-corrected chi connectivity index (χ0v) is 11.2. The van der Waals surface area contributed by atoms with Gasteiger partial charge in [0, 0.05) is 16.6 Å². The second kappa shape index (κ2) is 4.50. The molecule has 0 spiro atoms. The Morgan fingerprint density at radius 3 is 3.12 bits per heavy atom. The van der Waals surface area contributed by atoms with Crippen molar-refractivity contribution in [3.05, 3.63) is 46.8 Å². The van der Waals surface area contributed by atoms with Crippen molar-refractivity contribution in [3.63, 3.8) is 0 Å². The smallest absolute Gasteiger partial charge is 0.184 e. The minimum Gasteiger partial charge on any atom is -0.472 e. The molecule has 2 heterocycles. The second-order valence-electron chi connectivity index (χ2n) is 3.62. The van der Waals surface area contributed by atoms with Crippen LogP contribution in [-0.2, 0) is 6.54 Å². The van der Waals surface area contributed by atoms with Crippen LogP contribution in [0.25, 0.3) is 10.2 Å². The molecule has 1 N–H and O–H groups in total. The Morgan fingerprint density at radius 2 is 2.29 bits per heavy atom. The van der Waals surface area contributed by atoms with Crippen molar-refractivity contribution in [1.29, 1.82) is 0 Å². The summed E-state index contributed by atoms with van der Waals surface area (Å²) in [5.74, 6) is 0. The van der Waals surface area contributed by atoms with Gasteiger partial charge < -0.3 is 9.73 Å². The van der Waals surface area contributed by atoms with E-state index in [0.29, 0.717) is 0 Å². The van der Waals surface area contributed by atoms with E-state index in [9.17, 15) is 0 Å². The van der Waals surface area contributed by atoms with E-state index in [2.05, 4.69) is 32.3 Å². The number of benzene rings is 1. The number of thiazole rings is 1. The molecular weight excluding hydrogens is 300 g/mol. The molecule has 3 aromatic rings. The molecule has 0 radical (unpaired) electrons. The molecule has 3 rings (SSSR count). The van der Waals surface area contributed by atoms with Crippen LogP contribution in [0.4, 0.5) is 5.13 Å². The molecular formula is C12H9BrN2OS. The van der Waals surface area contributed by atoms with Crippen molar-refractivity contribution in [1.82, 2.24) is 4.98 Å². The zero-order valence-electron chi connectivity index (χ0n) is 8.81. The Labute approximate surface area is 111 Å². The lowest BCUT2D eigenvalue weighted by molar-refractivity contribution is 0.564. The molecule has 0 aliphatic carbocycles. The third kappa shape index (κ3) is 2.35. The first-order valence-corrected chi connectivity index (χ1v) is 6.73. The van der Waals surface area contributed by atoms with Crippen molar-refractivity contribution in [3.8, 4) is 0 Å². The molecule has 5 heteroatoms. The van der Waals surface area contributed by atoms with Crippen molar-refractivity contribution in [2.45, 2.75) is 6.54 Å². The van der Waals surface area contributed by atoms with E-state index < -0.39 is 0 Å². The molecule has 0 atom stereocenters. The van der Waals surface area contributed by atoms with E-state index in [1.54, 1.807) is 23.9 Å². The number of anilines is 1. The van der Waals surface area contributed by atoms with Gasteiger partial charge in [0.2, 0.25) is 0 Å². The number of nitrogens with zero attached hydrogens (tertiary/aromatic N) is 1. The Kier molecular flexibility index (Phi) is 2.86. The summed E-state index contributed by atoms with van der Waals surface area (Å²) >= 11 is 5.11. The highest BCUT2D eigenvalue weighted by Crippen LogP contribution is 2.28. The van der Waals surface area contributed by atoms with Crippen LogP contribution in [0.2, 0.25) is 0 Å². The molecule has 3 nitrogen and oxygen atoms in total. The highest BCUT2D eigenvalue weighted by Gasteiger charge is 2.04. The number of hydrogen-bond donors (Lipinski definition) is 1. The third-order valence-corrected chi connectivity index (χ3v) is 3.84. The van der Waals surface area contributed by atoms with Gasteiger partial charge in [-0.15, -0.1) is 0 Å². The van der Waals surface area contributed by atoms with Crippen LogP contribution in [0.15, 0.2) is 45.7 Å². The predicted octanol–water partition coefficient (Wildman–Crippen LogP) is 4.26. The predicted molar refractivity (Wildman–Crippen MR) is 73.4 cm³/mol. The number of rotatable bonds is 3. The Balaban J connectivity index is 1.81. The third-order valence-electron chi connectivity index (χ3n) is 2.37. The van der Waals surface area contributed by atoms with Gasteiger partial charge in [0.1, 0.15) is 0 Å². The van der Waals surface area contributed by atoms with E-state index >= 15 is 0 Å². The SMILES string of the molecule is Brc1ccc2nc(NCc3ccoc3)sc2c1. The minimum absolute atomic E-state index is 0.734. The van der Waals surface area contributed by atoms with Gasteiger partial charge >= 0.3 is 0 Å². The van der Waals surface area contributed by atoms with Crippen LogP contribution < -0.4 is 5.32 Å². The molecule has 0 aliphatic heterocycles. The molecule has 0 aliphatic rings. The molecule has 0 saturated carbocycles. The summed E-state index contributed by atoms with van der Waals surface area (Å²) in [5.41, 5.74) is 2.14. The lowest BCUT2D eigenvalue weighted by Crippen LogP contribution is -1.96. The van der Waals surface area contributed by atoms with E-state index in [1.807, 2.05) is 18.2 Å². The van der Waals surface area contributed by atoms with Gasteiger partial charge in [-0.25, -0.2) is 4.98 Å². The number of aromatic nitrogens is 1. The lowest BCUT2D eigenvalue weighted by Gasteiger charge is -1.97. The van der Waals surface area contributed by atoms with Crippen LogP contribution in [0, 0.1) is 0 Å². The van der Waals surface area contributed by atoms with Gasteiger partial charge in [-0.1, -0.05) is 27.3 Å². The molecule has 0 amide bonds. The number of halogens is 1. The van der Waals surface area contributed by atoms with Gasteiger partial charge in [0.15, 0.2) is 5.13 Å². The van der Waals surface area contributed by atoms with Gasteiger partial charge in [-0.05, 0) is 24.3 Å². The maximum Gasteiger partial charge on any atom is 0.184 e. The molecule has 0 fully saturated rings. The number of hydrogen-bond acceptors (Lipinski definition) is 4. The molecule has 0 saturated heterocycles.